The molecule has 1 unspecified atom stereocenters. The van der Waals surface area contributed by atoms with Gasteiger partial charge in [-0.15, -0.1) is 11.8 Å². The van der Waals surface area contributed by atoms with E-state index in [2.05, 4.69) is 16.0 Å². The van der Waals surface area contributed by atoms with E-state index in [1.165, 1.54) is 23.4 Å². The standard InChI is InChI=1S/C21H30ClN7O3S/c1-24-9-8-15(17(23)13-4-6-14(22)7-5-13)33-12-26-16(30)10-29-11-25-19-18(29)20(31)28(3)21(32)27(19)2/h4,6-7,13,24-25H,5,8-12,23H2,1-3H3,(H,26,30)/b17-15-. The first kappa shape index (κ1) is 25.0. The lowest BCUT2D eigenvalue weighted by molar-refractivity contribution is -0.119. The highest BCUT2D eigenvalue weighted by molar-refractivity contribution is 8.03. The number of rotatable bonds is 9. The zero-order valence-corrected chi connectivity index (χ0v) is 20.6. The highest BCUT2D eigenvalue weighted by Crippen LogP contribution is 2.30. The number of allylic oxidation sites excluding steroid dienone is 4. The Morgan fingerprint density at radius 3 is 2.76 bits per heavy atom. The summed E-state index contributed by atoms with van der Waals surface area (Å²) in [6.45, 7) is 1.03. The molecule has 3 rings (SSSR count). The normalized spacial score (nSPS) is 17.9. The van der Waals surface area contributed by atoms with E-state index in [-0.39, 0.29) is 25.0 Å². The summed E-state index contributed by atoms with van der Waals surface area (Å²) < 4.78 is 2.41. The lowest BCUT2D eigenvalue weighted by atomic mass is 9.96. The molecule has 2 heterocycles. The number of nitrogens with two attached hydrogens (primary N) is 1. The summed E-state index contributed by atoms with van der Waals surface area (Å²) in [6, 6.07) is 0. The van der Waals surface area contributed by atoms with E-state index in [1.54, 1.807) is 11.9 Å². The topological polar surface area (TPSA) is 126 Å². The third-order valence-corrected chi connectivity index (χ3v) is 6.98. The van der Waals surface area contributed by atoms with E-state index in [0.717, 1.165) is 34.6 Å². The predicted molar refractivity (Wildman–Crippen MR) is 134 cm³/mol. The molecule has 1 atom stereocenters. The molecule has 0 spiro atoms. The number of carbonyl (C=O) groups is 1. The third kappa shape index (κ3) is 5.66. The Morgan fingerprint density at radius 2 is 2.09 bits per heavy atom. The van der Waals surface area contributed by atoms with Crippen LogP contribution in [0.4, 0.5) is 11.5 Å². The van der Waals surface area contributed by atoms with Crippen molar-refractivity contribution >= 4 is 40.8 Å². The van der Waals surface area contributed by atoms with Crippen molar-refractivity contribution in [3.63, 3.8) is 0 Å². The fourth-order valence-corrected chi connectivity index (χ4v) is 4.83. The third-order valence-electron chi connectivity index (χ3n) is 5.62. The summed E-state index contributed by atoms with van der Waals surface area (Å²) in [4.78, 5) is 39.9. The van der Waals surface area contributed by atoms with Crippen LogP contribution in [0.25, 0.3) is 0 Å². The maximum Gasteiger partial charge on any atom is 0.332 e. The first-order valence-corrected chi connectivity index (χ1v) is 12.0. The smallest absolute Gasteiger partial charge is 0.332 e. The fraction of sp³-hybridized carbons (Fsp3) is 0.476. The van der Waals surface area contributed by atoms with Gasteiger partial charge in [0.25, 0.3) is 5.56 Å². The zero-order valence-electron chi connectivity index (χ0n) is 19.0. The summed E-state index contributed by atoms with van der Waals surface area (Å²) >= 11 is 7.51. The Bertz CT molecular complexity index is 1120. The summed E-state index contributed by atoms with van der Waals surface area (Å²) in [7, 11) is 4.89. The monoisotopic (exact) mass is 495 g/mol. The van der Waals surface area contributed by atoms with Gasteiger partial charge in [0.2, 0.25) is 5.91 Å². The van der Waals surface area contributed by atoms with Crippen LogP contribution in [0.15, 0.2) is 43.5 Å². The number of nitrogens with one attached hydrogen (secondary N) is 3. The Hall–Kier alpha value is -2.63. The molecular formula is C21H30ClN7O3S. The van der Waals surface area contributed by atoms with Crippen LogP contribution in [0.2, 0.25) is 0 Å². The number of anilines is 2. The summed E-state index contributed by atoms with van der Waals surface area (Å²) in [6.07, 6.45) is 7.30. The number of halogens is 1. The summed E-state index contributed by atoms with van der Waals surface area (Å²) in [5.41, 5.74) is 6.70. The van der Waals surface area contributed by atoms with Crippen molar-refractivity contribution in [3.05, 3.63) is 54.7 Å². The van der Waals surface area contributed by atoms with Gasteiger partial charge in [-0.1, -0.05) is 23.8 Å². The Morgan fingerprint density at radius 1 is 1.33 bits per heavy atom. The van der Waals surface area contributed by atoms with Crippen LogP contribution in [0.3, 0.4) is 0 Å². The highest BCUT2D eigenvalue weighted by Gasteiger charge is 2.28. The van der Waals surface area contributed by atoms with Gasteiger partial charge in [0.1, 0.15) is 11.5 Å². The van der Waals surface area contributed by atoms with E-state index in [9.17, 15) is 14.4 Å². The summed E-state index contributed by atoms with van der Waals surface area (Å²) in [5, 5.41) is 9.75. The molecule has 1 aliphatic carbocycles. The maximum absolute atomic E-state index is 12.6. The molecule has 0 bridgehead atoms. The quantitative estimate of drug-likeness (QED) is 0.366. The minimum absolute atomic E-state index is 0.00624. The van der Waals surface area contributed by atoms with Gasteiger partial charge in [0, 0.05) is 35.6 Å². The van der Waals surface area contributed by atoms with E-state index in [0.29, 0.717) is 22.4 Å². The second-order valence-corrected chi connectivity index (χ2v) is 9.35. The maximum atomic E-state index is 12.6. The Labute approximate surface area is 201 Å². The molecule has 0 radical (unpaired) electrons. The summed E-state index contributed by atoms with van der Waals surface area (Å²) in [5.74, 6) is 0.625. The number of amides is 1. The second kappa shape index (κ2) is 11.0. The lowest BCUT2D eigenvalue weighted by Gasteiger charge is -2.20. The van der Waals surface area contributed by atoms with Gasteiger partial charge >= 0.3 is 5.69 Å². The molecule has 0 fully saturated rings. The molecular weight excluding hydrogens is 466 g/mol. The van der Waals surface area contributed by atoms with Crippen LogP contribution in [-0.2, 0) is 18.9 Å². The first-order chi connectivity index (χ1) is 15.7. The van der Waals surface area contributed by atoms with Crippen molar-refractivity contribution in [2.45, 2.75) is 12.8 Å². The molecule has 1 aliphatic heterocycles. The number of hydrogen-bond acceptors (Lipinski definition) is 8. The van der Waals surface area contributed by atoms with E-state index in [1.807, 2.05) is 25.3 Å². The predicted octanol–water partition coefficient (Wildman–Crippen LogP) is 0.559. The van der Waals surface area contributed by atoms with Crippen molar-refractivity contribution in [3.8, 4) is 0 Å². The molecule has 1 amide bonds. The number of thioether (sulfide) groups is 1. The molecule has 1 aromatic heterocycles. The zero-order chi connectivity index (χ0) is 24.1. The van der Waals surface area contributed by atoms with Gasteiger partial charge in [-0.05, 0) is 32.5 Å². The van der Waals surface area contributed by atoms with Crippen LogP contribution in [0.1, 0.15) is 12.8 Å². The van der Waals surface area contributed by atoms with Crippen molar-refractivity contribution in [2.24, 2.45) is 25.7 Å². The van der Waals surface area contributed by atoms with Gasteiger partial charge in [-0.3, -0.25) is 18.7 Å². The average Bonchev–Trinajstić information content (AvgIpc) is 3.22. The van der Waals surface area contributed by atoms with Crippen molar-refractivity contribution in [2.75, 3.05) is 42.9 Å². The second-order valence-electron chi connectivity index (χ2n) is 7.85. The molecule has 0 saturated carbocycles. The lowest BCUT2D eigenvalue weighted by Crippen LogP contribution is -2.42. The average molecular weight is 496 g/mol. The van der Waals surface area contributed by atoms with Gasteiger partial charge in [-0.25, -0.2) is 4.79 Å². The highest BCUT2D eigenvalue weighted by atomic mass is 35.5. The van der Waals surface area contributed by atoms with E-state index < -0.39 is 11.2 Å². The molecule has 10 nitrogen and oxygen atoms in total. The van der Waals surface area contributed by atoms with Crippen molar-refractivity contribution in [1.29, 1.82) is 0 Å². The molecule has 12 heteroatoms. The molecule has 2 aliphatic rings. The number of fused-ring (bicyclic) bond motifs is 1. The van der Waals surface area contributed by atoms with Crippen LogP contribution in [0.5, 0.6) is 0 Å². The molecule has 180 valence electrons. The van der Waals surface area contributed by atoms with Crippen molar-refractivity contribution in [1.82, 2.24) is 19.8 Å². The largest absolute Gasteiger partial charge is 0.401 e. The number of aromatic nitrogens is 2. The van der Waals surface area contributed by atoms with Gasteiger partial charge < -0.3 is 26.6 Å². The molecule has 0 aromatic carbocycles. The molecule has 5 N–H and O–H groups in total. The van der Waals surface area contributed by atoms with Gasteiger partial charge in [-0.2, -0.15) is 0 Å². The number of hydrogen-bond donors (Lipinski definition) is 4. The fourth-order valence-electron chi connectivity index (χ4n) is 3.70. The molecule has 33 heavy (non-hydrogen) atoms. The minimum atomic E-state index is -0.431. The van der Waals surface area contributed by atoms with Crippen LogP contribution >= 0.6 is 23.4 Å². The van der Waals surface area contributed by atoms with E-state index in [4.69, 9.17) is 17.3 Å². The number of nitrogens with zero attached hydrogens (tertiary/aromatic N) is 3. The van der Waals surface area contributed by atoms with E-state index >= 15 is 0 Å². The minimum Gasteiger partial charge on any atom is -0.401 e. The Balaban J connectivity index is 1.62. The van der Waals surface area contributed by atoms with Gasteiger partial charge in [0.15, 0.2) is 0 Å². The first-order valence-electron chi connectivity index (χ1n) is 10.6. The molecule has 1 aromatic rings. The SMILES string of the molecule is CNCC/C(SCNC(=O)CN1CNc2c1c(=O)n(C)c(=O)n2C)=C(/N)C1C=CC(Cl)=CC1. The number of carbonyl (C=O) groups excluding carboxylic acids is 1. The molecule has 0 saturated heterocycles. The van der Waals surface area contributed by atoms with Crippen LogP contribution in [-0.4, -0.2) is 47.7 Å². The van der Waals surface area contributed by atoms with Crippen molar-refractivity contribution < 1.29 is 4.79 Å². The Kier molecular flexibility index (Phi) is 8.33. The van der Waals surface area contributed by atoms with Crippen LogP contribution in [0, 0.1) is 5.92 Å². The van der Waals surface area contributed by atoms with Crippen LogP contribution < -0.4 is 37.8 Å². The van der Waals surface area contributed by atoms with Gasteiger partial charge in [0.05, 0.1) is 19.1 Å².